The van der Waals surface area contributed by atoms with E-state index in [-0.39, 0.29) is 17.6 Å². The lowest BCUT2D eigenvalue weighted by atomic mass is 10.2. The van der Waals surface area contributed by atoms with E-state index < -0.39 is 0 Å². The van der Waals surface area contributed by atoms with Gasteiger partial charge in [0, 0.05) is 20.1 Å². The van der Waals surface area contributed by atoms with E-state index in [1.165, 1.54) is 0 Å². The van der Waals surface area contributed by atoms with Gasteiger partial charge in [-0.25, -0.2) is 0 Å². The van der Waals surface area contributed by atoms with Crippen LogP contribution < -0.4 is 10.2 Å². The van der Waals surface area contributed by atoms with Gasteiger partial charge in [0.1, 0.15) is 0 Å². The number of aromatic nitrogens is 2. The van der Waals surface area contributed by atoms with E-state index in [1.807, 2.05) is 18.9 Å². The van der Waals surface area contributed by atoms with Gasteiger partial charge in [0.2, 0.25) is 0 Å². The maximum absolute atomic E-state index is 11.3. The lowest BCUT2D eigenvalue weighted by Gasteiger charge is -2.23. The van der Waals surface area contributed by atoms with E-state index >= 15 is 0 Å². The molecule has 0 bridgehead atoms. The second-order valence-electron chi connectivity index (χ2n) is 3.68. The van der Waals surface area contributed by atoms with Gasteiger partial charge < -0.3 is 10.2 Å². The van der Waals surface area contributed by atoms with Crippen LogP contribution in [0.1, 0.15) is 23.8 Å². The summed E-state index contributed by atoms with van der Waals surface area (Å²) in [6.45, 7) is 1.93. The van der Waals surface area contributed by atoms with Crippen molar-refractivity contribution in [1.29, 1.82) is 5.26 Å². The number of nitrogens with one attached hydrogen (secondary N) is 1. The fourth-order valence-corrected chi connectivity index (χ4v) is 1.26. The van der Waals surface area contributed by atoms with E-state index in [0.717, 1.165) is 0 Å². The Labute approximate surface area is 100 Å². The first kappa shape index (κ1) is 12.9. The molecule has 0 aliphatic rings. The third kappa shape index (κ3) is 3.14. The number of nitrogens with zero attached hydrogens (tertiary/aromatic N) is 4. The van der Waals surface area contributed by atoms with E-state index in [2.05, 4.69) is 21.6 Å². The van der Waals surface area contributed by atoms with Crippen LogP contribution in [0.4, 0.5) is 5.82 Å². The van der Waals surface area contributed by atoms with Crippen LogP contribution in [-0.2, 0) is 0 Å². The van der Waals surface area contributed by atoms with Crippen LogP contribution in [-0.4, -0.2) is 36.2 Å². The molecule has 6 nitrogen and oxygen atoms in total. The highest BCUT2D eigenvalue weighted by Gasteiger charge is 2.12. The van der Waals surface area contributed by atoms with Gasteiger partial charge in [-0.3, -0.25) is 4.79 Å². The zero-order chi connectivity index (χ0) is 12.8. The highest BCUT2D eigenvalue weighted by atomic mass is 16.1. The largest absolute Gasteiger partial charge is 0.354 e. The highest BCUT2D eigenvalue weighted by Crippen LogP contribution is 2.12. The van der Waals surface area contributed by atoms with Gasteiger partial charge in [-0.05, 0) is 19.1 Å². The van der Waals surface area contributed by atoms with Gasteiger partial charge in [-0.15, -0.1) is 10.2 Å². The summed E-state index contributed by atoms with van der Waals surface area (Å²) in [4.78, 5) is 13.1. The summed E-state index contributed by atoms with van der Waals surface area (Å²) in [6.07, 6.45) is 0.412. The number of carbonyl (C=O) groups is 1. The fraction of sp³-hybridized carbons (Fsp3) is 0.455. The van der Waals surface area contributed by atoms with Crippen molar-refractivity contribution in [1.82, 2.24) is 15.5 Å². The van der Waals surface area contributed by atoms with Crippen molar-refractivity contribution in [3.8, 4) is 6.07 Å². The summed E-state index contributed by atoms with van der Waals surface area (Å²) in [5.41, 5.74) is 0.276. The average molecular weight is 233 g/mol. The minimum absolute atomic E-state index is 0.0557. The first-order valence-corrected chi connectivity index (χ1v) is 5.25. The molecule has 0 aliphatic heterocycles. The summed E-state index contributed by atoms with van der Waals surface area (Å²) in [7, 11) is 3.38. The predicted octanol–water partition coefficient (Wildman–Crippen LogP) is 0.575. The molecule has 1 heterocycles. The van der Waals surface area contributed by atoms with Crippen LogP contribution in [0.3, 0.4) is 0 Å². The Bertz CT molecular complexity index is 422. The van der Waals surface area contributed by atoms with Gasteiger partial charge in [0.15, 0.2) is 11.5 Å². The molecular weight excluding hydrogens is 218 g/mol. The molecule has 1 N–H and O–H groups in total. The molecule has 0 spiro atoms. The van der Waals surface area contributed by atoms with Crippen molar-refractivity contribution in [2.24, 2.45) is 0 Å². The average Bonchev–Trinajstić information content (AvgIpc) is 2.37. The SMILES string of the molecule is CNC(=O)c1ccc(N(C)C(C)CC#N)nn1. The first-order valence-electron chi connectivity index (χ1n) is 5.25. The minimum Gasteiger partial charge on any atom is -0.354 e. The van der Waals surface area contributed by atoms with Crippen molar-refractivity contribution >= 4 is 11.7 Å². The summed E-state index contributed by atoms with van der Waals surface area (Å²) in [6, 6.07) is 5.48. The quantitative estimate of drug-likeness (QED) is 0.822. The molecule has 1 unspecified atom stereocenters. The number of hydrogen-bond donors (Lipinski definition) is 1. The molecule has 1 aromatic rings. The molecule has 1 amide bonds. The van der Waals surface area contributed by atoms with Gasteiger partial charge in [-0.2, -0.15) is 5.26 Å². The Kier molecular flexibility index (Phi) is 4.40. The monoisotopic (exact) mass is 233 g/mol. The van der Waals surface area contributed by atoms with Crippen LogP contribution in [0.15, 0.2) is 12.1 Å². The molecule has 0 saturated heterocycles. The van der Waals surface area contributed by atoms with Crippen molar-refractivity contribution < 1.29 is 4.79 Å². The number of amides is 1. The first-order chi connectivity index (χ1) is 8.10. The van der Waals surface area contributed by atoms with E-state index in [4.69, 9.17) is 5.26 Å². The van der Waals surface area contributed by atoms with E-state index in [9.17, 15) is 4.79 Å². The molecule has 0 aromatic carbocycles. The lowest BCUT2D eigenvalue weighted by Crippen LogP contribution is -2.29. The summed E-state index contributed by atoms with van der Waals surface area (Å²) >= 11 is 0. The van der Waals surface area contributed by atoms with Crippen molar-refractivity contribution in [3.63, 3.8) is 0 Å². The zero-order valence-corrected chi connectivity index (χ0v) is 10.1. The van der Waals surface area contributed by atoms with Crippen molar-refractivity contribution in [3.05, 3.63) is 17.8 Å². The number of nitriles is 1. The van der Waals surface area contributed by atoms with Gasteiger partial charge in [0.05, 0.1) is 12.5 Å². The predicted molar refractivity (Wildman–Crippen MR) is 63.5 cm³/mol. The number of rotatable bonds is 4. The topological polar surface area (TPSA) is 81.9 Å². The van der Waals surface area contributed by atoms with Crippen molar-refractivity contribution in [2.75, 3.05) is 19.0 Å². The van der Waals surface area contributed by atoms with Gasteiger partial charge in [-0.1, -0.05) is 0 Å². The van der Waals surface area contributed by atoms with Crippen LogP contribution in [0.25, 0.3) is 0 Å². The summed E-state index contributed by atoms with van der Waals surface area (Å²) in [5.74, 6) is 0.372. The summed E-state index contributed by atoms with van der Waals surface area (Å²) < 4.78 is 0. The van der Waals surface area contributed by atoms with E-state index in [0.29, 0.717) is 12.2 Å². The maximum atomic E-state index is 11.3. The smallest absolute Gasteiger partial charge is 0.271 e. The number of carbonyl (C=O) groups excluding carboxylic acids is 1. The molecular formula is C11H15N5O. The van der Waals surface area contributed by atoms with E-state index in [1.54, 1.807) is 19.2 Å². The Morgan fingerprint density at radius 2 is 2.29 bits per heavy atom. The number of anilines is 1. The molecule has 0 fully saturated rings. The molecule has 17 heavy (non-hydrogen) atoms. The van der Waals surface area contributed by atoms with Crippen LogP contribution in [0, 0.1) is 11.3 Å². The molecule has 6 heteroatoms. The molecule has 0 radical (unpaired) electrons. The fourth-order valence-electron chi connectivity index (χ4n) is 1.26. The molecule has 1 aromatic heterocycles. The highest BCUT2D eigenvalue weighted by molar-refractivity contribution is 5.91. The Hall–Kier alpha value is -2.16. The Balaban J connectivity index is 2.81. The maximum Gasteiger partial charge on any atom is 0.271 e. The van der Waals surface area contributed by atoms with Gasteiger partial charge >= 0.3 is 0 Å². The zero-order valence-electron chi connectivity index (χ0n) is 10.1. The van der Waals surface area contributed by atoms with Crippen LogP contribution in [0.5, 0.6) is 0 Å². The normalized spacial score (nSPS) is 11.4. The second kappa shape index (κ2) is 5.80. The minimum atomic E-state index is -0.267. The molecule has 0 saturated carbocycles. The third-order valence-electron chi connectivity index (χ3n) is 2.52. The Morgan fingerprint density at radius 1 is 1.59 bits per heavy atom. The molecule has 0 aliphatic carbocycles. The molecule has 90 valence electrons. The van der Waals surface area contributed by atoms with Crippen molar-refractivity contribution in [2.45, 2.75) is 19.4 Å². The lowest BCUT2D eigenvalue weighted by molar-refractivity contribution is 0.0957. The summed E-state index contributed by atoms with van der Waals surface area (Å²) in [5, 5.41) is 18.9. The standard InChI is InChI=1S/C11H15N5O/c1-8(6-7-12)16(3)10-5-4-9(14-15-10)11(17)13-2/h4-5,8H,6H2,1-3H3,(H,13,17). The molecule has 1 atom stereocenters. The number of hydrogen-bond acceptors (Lipinski definition) is 5. The Morgan fingerprint density at radius 3 is 2.76 bits per heavy atom. The molecule has 1 rings (SSSR count). The second-order valence-corrected chi connectivity index (χ2v) is 3.68. The third-order valence-corrected chi connectivity index (χ3v) is 2.52. The van der Waals surface area contributed by atoms with Gasteiger partial charge in [0.25, 0.3) is 5.91 Å². The van der Waals surface area contributed by atoms with Crippen LogP contribution in [0.2, 0.25) is 0 Å². The van der Waals surface area contributed by atoms with Crippen LogP contribution >= 0.6 is 0 Å².